The normalized spacial score (nSPS) is 19.7. The minimum absolute atomic E-state index is 0.0960. The van der Waals surface area contributed by atoms with E-state index in [1.807, 2.05) is 32.9 Å². The Balaban J connectivity index is 1.51. The Hall–Kier alpha value is -1.92. The van der Waals surface area contributed by atoms with E-state index in [1.165, 1.54) is 0 Å². The summed E-state index contributed by atoms with van der Waals surface area (Å²) in [6, 6.07) is 2.29. The molecular formula is C21H32N4O2. The van der Waals surface area contributed by atoms with Crippen molar-refractivity contribution in [2.24, 2.45) is 0 Å². The van der Waals surface area contributed by atoms with Gasteiger partial charge in [-0.1, -0.05) is 6.08 Å². The standard InChI is InChI=1S/C21H32N4O2/c1-5-8-25-15(2)13-19(16(25)3)20(26)14-23-9-11-24(12-10-23)17(4)21(27)22-18-6-7-18/h5,13,17-18H,1,6-12,14H2,2-4H3,(H,22,27). The van der Waals surface area contributed by atoms with Gasteiger partial charge in [0.15, 0.2) is 5.78 Å². The Bertz CT molecular complexity index is 712. The summed E-state index contributed by atoms with van der Waals surface area (Å²) in [6.07, 6.45) is 4.08. The average molecular weight is 373 g/mol. The molecule has 2 aliphatic rings. The fourth-order valence-corrected chi connectivity index (χ4v) is 3.81. The largest absolute Gasteiger partial charge is 0.352 e. The zero-order chi connectivity index (χ0) is 19.6. The highest BCUT2D eigenvalue weighted by molar-refractivity contribution is 5.99. The Morgan fingerprint density at radius 2 is 1.93 bits per heavy atom. The van der Waals surface area contributed by atoms with Crippen LogP contribution in [0.25, 0.3) is 0 Å². The molecule has 2 heterocycles. The van der Waals surface area contributed by atoms with Gasteiger partial charge in [0.1, 0.15) is 0 Å². The third kappa shape index (κ3) is 4.68. The van der Waals surface area contributed by atoms with Gasteiger partial charge in [0, 0.05) is 55.7 Å². The van der Waals surface area contributed by atoms with Crippen LogP contribution in [-0.4, -0.2) is 70.9 Å². The van der Waals surface area contributed by atoms with Gasteiger partial charge in [-0.3, -0.25) is 19.4 Å². The van der Waals surface area contributed by atoms with Crippen LogP contribution in [0.5, 0.6) is 0 Å². The number of aromatic nitrogens is 1. The highest BCUT2D eigenvalue weighted by Gasteiger charge is 2.30. The number of ketones is 1. The number of allylic oxidation sites excluding steroid dienone is 1. The second kappa shape index (κ2) is 8.40. The number of aryl methyl sites for hydroxylation is 1. The molecule has 1 unspecified atom stereocenters. The van der Waals surface area contributed by atoms with E-state index in [9.17, 15) is 9.59 Å². The van der Waals surface area contributed by atoms with E-state index in [-0.39, 0.29) is 17.7 Å². The molecule has 1 atom stereocenters. The molecule has 3 rings (SSSR count). The molecule has 0 spiro atoms. The van der Waals surface area contributed by atoms with E-state index >= 15 is 0 Å². The van der Waals surface area contributed by atoms with Gasteiger partial charge < -0.3 is 9.88 Å². The van der Waals surface area contributed by atoms with Gasteiger partial charge in [-0.2, -0.15) is 0 Å². The summed E-state index contributed by atoms with van der Waals surface area (Å²) in [5.41, 5.74) is 2.92. The second-order valence-electron chi connectivity index (χ2n) is 7.88. The molecule has 0 bridgehead atoms. The smallest absolute Gasteiger partial charge is 0.237 e. The summed E-state index contributed by atoms with van der Waals surface area (Å²) in [7, 11) is 0. The molecule has 1 saturated heterocycles. The van der Waals surface area contributed by atoms with Crippen LogP contribution < -0.4 is 5.32 Å². The highest BCUT2D eigenvalue weighted by atomic mass is 16.2. The van der Waals surface area contributed by atoms with Crippen molar-refractivity contribution in [1.29, 1.82) is 0 Å². The molecule has 27 heavy (non-hydrogen) atoms. The van der Waals surface area contributed by atoms with Crippen molar-refractivity contribution in [3.63, 3.8) is 0 Å². The first-order chi connectivity index (χ1) is 12.9. The summed E-state index contributed by atoms with van der Waals surface area (Å²) in [4.78, 5) is 29.4. The molecule has 0 aromatic carbocycles. The quantitative estimate of drug-likeness (QED) is 0.558. The number of nitrogens with zero attached hydrogens (tertiary/aromatic N) is 3. The number of Topliss-reactive ketones (excluding diaryl/α,β-unsaturated/α-hetero) is 1. The van der Waals surface area contributed by atoms with E-state index in [0.29, 0.717) is 12.6 Å². The molecule has 148 valence electrons. The summed E-state index contributed by atoms with van der Waals surface area (Å²) in [5.74, 6) is 0.308. The predicted octanol–water partition coefficient (Wildman–Crippen LogP) is 1.76. The van der Waals surface area contributed by atoms with Gasteiger partial charge in [0.05, 0.1) is 12.6 Å². The van der Waals surface area contributed by atoms with E-state index in [1.54, 1.807) is 0 Å². The van der Waals surface area contributed by atoms with Crippen molar-refractivity contribution in [3.8, 4) is 0 Å². The number of hydrogen-bond donors (Lipinski definition) is 1. The van der Waals surface area contributed by atoms with Gasteiger partial charge in [0.2, 0.25) is 5.91 Å². The van der Waals surface area contributed by atoms with Crippen molar-refractivity contribution < 1.29 is 9.59 Å². The summed E-state index contributed by atoms with van der Waals surface area (Å²) < 4.78 is 2.12. The summed E-state index contributed by atoms with van der Waals surface area (Å²) >= 11 is 0. The maximum Gasteiger partial charge on any atom is 0.237 e. The minimum Gasteiger partial charge on any atom is -0.352 e. The maximum atomic E-state index is 12.8. The van der Waals surface area contributed by atoms with Crippen LogP contribution in [0.15, 0.2) is 18.7 Å². The van der Waals surface area contributed by atoms with Crippen molar-refractivity contribution in [3.05, 3.63) is 35.7 Å². The van der Waals surface area contributed by atoms with Crippen LogP contribution >= 0.6 is 0 Å². The third-order valence-corrected chi connectivity index (χ3v) is 5.81. The highest BCUT2D eigenvalue weighted by Crippen LogP contribution is 2.20. The number of carbonyl (C=O) groups is 2. The molecule has 0 radical (unpaired) electrons. The average Bonchev–Trinajstić information content (AvgIpc) is 3.42. The van der Waals surface area contributed by atoms with Crippen LogP contribution in [0.4, 0.5) is 0 Å². The first-order valence-corrected chi connectivity index (χ1v) is 9.98. The molecule has 1 aliphatic carbocycles. The third-order valence-electron chi connectivity index (χ3n) is 5.81. The fraction of sp³-hybridized carbons (Fsp3) is 0.619. The number of carbonyl (C=O) groups excluding carboxylic acids is 2. The first kappa shape index (κ1) is 19.8. The first-order valence-electron chi connectivity index (χ1n) is 9.98. The summed E-state index contributed by atoms with van der Waals surface area (Å²) in [6.45, 7) is 14.2. The molecular weight excluding hydrogens is 340 g/mol. The molecule has 1 amide bonds. The Kier molecular flexibility index (Phi) is 6.17. The zero-order valence-corrected chi connectivity index (χ0v) is 16.8. The van der Waals surface area contributed by atoms with Crippen LogP contribution in [0, 0.1) is 13.8 Å². The number of rotatable bonds is 8. The zero-order valence-electron chi connectivity index (χ0n) is 16.8. The molecule has 6 heteroatoms. The van der Waals surface area contributed by atoms with Gasteiger partial charge in [-0.05, 0) is 39.7 Å². The van der Waals surface area contributed by atoms with E-state index in [0.717, 1.165) is 62.5 Å². The molecule has 6 nitrogen and oxygen atoms in total. The van der Waals surface area contributed by atoms with Crippen molar-refractivity contribution in [2.75, 3.05) is 32.7 Å². The maximum absolute atomic E-state index is 12.8. The van der Waals surface area contributed by atoms with E-state index < -0.39 is 0 Å². The Morgan fingerprint density at radius 3 is 2.52 bits per heavy atom. The van der Waals surface area contributed by atoms with Crippen LogP contribution in [-0.2, 0) is 11.3 Å². The molecule has 1 saturated carbocycles. The minimum atomic E-state index is -0.0960. The number of hydrogen-bond acceptors (Lipinski definition) is 4. The van der Waals surface area contributed by atoms with Gasteiger partial charge in [-0.25, -0.2) is 0 Å². The van der Waals surface area contributed by atoms with Crippen LogP contribution in [0.1, 0.15) is 41.5 Å². The molecule has 1 aromatic heterocycles. The lowest BCUT2D eigenvalue weighted by Gasteiger charge is -2.37. The molecule has 1 aromatic rings. The monoisotopic (exact) mass is 372 g/mol. The Labute approximate surface area is 162 Å². The molecule has 1 aliphatic heterocycles. The lowest BCUT2D eigenvalue weighted by Crippen LogP contribution is -2.54. The van der Waals surface area contributed by atoms with Gasteiger partial charge in [-0.15, -0.1) is 6.58 Å². The van der Waals surface area contributed by atoms with E-state index in [2.05, 4.69) is 26.3 Å². The molecule has 2 fully saturated rings. The van der Waals surface area contributed by atoms with Gasteiger partial charge >= 0.3 is 0 Å². The van der Waals surface area contributed by atoms with Gasteiger partial charge in [0.25, 0.3) is 0 Å². The number of piperazine rings is 1. The topological polar surface area (TPSA) is 57.6 Å². The van der Waals surface area contributed by atoms with Crippen molar-refractivity contribution >= 4 is 11.7 Å². The SMILES string of the molecule is C=CCn1c(C)cc(C(=O)CN2CCN(C(C)C(=O)NC3CC3)CC2)c1C. The summed E-state index contributed by atoms with van der Waals surface area (Å²) in [5, 5.41) is 3.08. The number of amides is 1. The van der Waals surface area contributed by atoms with Crippen molar-refractivity contribution in [2.45, 2.75) is 52.2 Å². The van der Waals surface area contributed by atoms with E-state index in [4.69, 9.17) is 0 Å². The molecule has 1 N–H and O–H groups in total. The second-order valence-corrected chi connectivity index (χ2v) is 7.88. The van der Waals surface area contributed by atoms with Crippen LogP contribution in [0.3, 0.4) is 0 Å². The van der Waals surface area contributed by atoms with Crippen molar-refractivity contribution in [1.82, 2.24) is 19.7 Å². The fourth-order valence-electron chi connectivity index (χ4n) is 3.81. The number of nitrogens with one attached hydrogen (secondary N) is 1. The van der Waals surface area contributed by atoms with Crippen LogP contribution in [0.2, 0.25) is 0 Å². The lowest BCUT2D eigenvalue weighted by atomic mass is 10.1. The predicted molar refractivity (Wildman–Crippen MR) is 107 cm³/mol. The Morgan fingerprint density at radius 1 is 1.26 bits per heavy atom. The lowest BCUT2D eigenvalue weighted by molar-refractivity contribution is -0.126.